The molecule has 0 aromatic heterocycles. The standard InChI is InChI=1S/C19H18FN3O3/c1-21(11-14-7-9-15(20)10-8-14)17(24)12-23-18(25)13-22(19(23)26)16-5-3-2-4-6-16/h2-10H,11-13H2,1H3. The molecule has 0 aliphatic carbocycles. The maximum absolute atomic E-state index is 12.9. The number of hydrogen-bond acceptors (Lipinski definition) is 3. The van der Waals surface area contributed by atoms with Crippen molar-refractivity contribution in [2.24, 2.45) is 0 Å². The number of rotatable bonds is 5. The van der Waals surface area contributed by atoms with Gasteiger partial charge in [0, 0.05) is 19.3 Å². The monoisotopic (exact) mass is 355 g/mol. The van der Waals surface area contributed by atoms with E-state index in [0.717, 1.165) is 10.5 Å². The lowest BCUT2D eigenvalue weighted by Gasteiger charge is -2.21. The molecule has 0 bridgehead atoms. The number of benzene rings is 2. The summed E-state index contributed by atoms with van der Waals surface area (Å²) >= 11 is 0. The molecule has 1 heterocycles. The molecular weight excluding hydrogens is 337 g/mol. The largest absolute Gasteiger partial charge is 0.340 e. The van der Waals surface area contributed by atoms with E-state index in [9.17, 15) is 18.8 Å². The van der Waals surface area contributed by atoms with Gasteiger partial charge in [-0.1, -0.05) is 30.3 Å². The van der Waals surface area contributed by atoms with Crippen LogP contribution in [0.5, 0.6) is 0 Å². The van der Waals surface area contributed by atoms with E-state index in [-0.39, 0.29) is 31.4 Å². The third-order valence-electron chi connectivity index (χ3n) is 4.18. The van der Waals surface area contributed by atoms with Crippen LogP contribution in [-0.4, -0.2) is 47.8 Å². The van der Waals surface area contributed by atoms with Crippen molar-refractivity contribution in [3.8, 4) is 0 Å². The van der Waals surface area contributed by atoms with Crippen LogP contribution in [-0.2, 0) is 16.1 Å². The number of carbonyl (C=O) groups is 3. The highest BCUT2D eigenvalue weighted by atomic mass is 19.1. The number of imide groups is 1. The second-order valence-electron chi connectivity index (χ2n) is 6.06. The number of nitrogens with zero attached hydrogens (tertiary/aromatic N) is 3. The van der Waals surface area contributed by atoms with Gasteiger partial charge in [-0.05, 0) is 29.8 Å². The van der Waals surface area contributed by atoms with E-state index in [1.165, 1.54) is 21.9 Å². The number of halogens is 1. The molecule has 6 nitrogen and oxygen atoms in total. The van der Waals surface area contributed by atoms with Gasteiger partial charge in [-0.3, -0.25) is 19.4 Å². The number of anilines is 1. The van der Waals surface area contributed by atoms with Crippen molar-refractivity contribution in [3.63, 3.8) is 0 Å². The van der Waals surface area contributed by atoms with Gasteiger partial charge in [0.05, 0.1) is 0 Å². The third-order valence-corrected chi connectivity index (χ3v) is 4.18. The molecule has 0 spiro atoms. The molecule has 0 atom stereocenters. The molecule has 0 unspecified atom stereocenters. The molecule has 1 aliphatic rings. The van der Waals surface area contributed by atoms with Crippen LogP contribution in [0.25, 0.3) is 0 Å². The first-order chi connectivity index (χ1) is 12.5. The van der Waals surface area contributed by atoms with E-state index < -0.39 is 11.9 Å². The molecule has 3 rings (SSSR count). The summed E-state index contributed by atoms with van der Waals surface area (Å²) in [4.78, 5) is 40.8. The molecule has 134 valence electrons. The van der Waals surface area contributed by atoms with Crippen LogP contribution in [0.3, 0.4) is 0 Å². The summed E-state index contributed by atoms with van der Waals surface area (Å²) in [7, 11) is 1.58. The van der Waals surface area contributed by atoms with Gasteiger partial charge in [-0.2, -0.15) is 0 Å². The van der Waals surface area contributed by atoms with Crippen molar-refractivity contribution in [1.82, 2.24) is 9.80 Å². The van der Waals surface area contributed by atoms with Crippen molar-refractivity contribution in [1.29, 1.82) is 0 Å². The molecular formula is C19H18FN3O3. The fourth-order valence-corrected chi connectivity index (χ4v) is 2.71. The number of para-hydroxylation sites is 1. The second-order valence-corrected chi connectivity index (χ2v) is 6.06. The number of likely N-dealkylation sites (N-methyl/N-ethyl adjacent to an activating group) is 1. The fraction of sp³-hybridized carbons (Fsp3) is 0.211. The van der Waals surface area contributed by atoms with Crippen molar-refractivity contribution in [3.05, 3.63) is 66.0 Å². The van der Waals surface area contributed by atoms with Gasteiger partial charge < -0.3 is 4.90 Å². The summed E-state index contributed by atoms with van der Waals surface area (Å²) in [6.07, 6.45) is 0. The average Bonchev–Trinajstić information content (AvgIpc) is 2.92. The van der Waals surface area contributed by atoms with Crippen LogP contribution >= 0.6 is 0 Å². The van der Waals surface area contributed by atoms with Gasteiger partial charge in [0.25, 0.3) is 5.91 Å². The van der Waals surface area contributed by atoms with Gasteiger partial charge >= 0.3 is 6.03 Å². The van der Waals surface area contributed by atoms with Gasteiger partial charge in [-0.25, -0.2) is 9.18 Å². The van der Waals surface area contributed by atoms with Gasteiger partial charge in [-0.15, -0.1) is 0 Å². The first-order valence-corrected chi connectivity index (χ1v) is 8.11. The summed E-state index contributed by atoms with van der Waals surface area (Å²) < 4.78 is 12.9. The zero-order valence-corrected chi connectivity index (χ0v) is 14.3. The summed E-state index contributed by atoms with van der Waals surface area (Å²) in [5, 5.41) is 0. The molecule has 7 heteroatoms. The zero-order chi connectivity index (χ0) is 18.7. The highest BCUT2D eigenvalue weighted by Gasteiger charge is 2.38. The van der Waals surface area contributed by atoms with Gasteiger partial charge in [0.2, 0.25) is 5.91 Å². The Morgan fingerprint density at radius 2 is 1.73 bits per heavy atom. The molecule has 0 radical (unpaired) electrons. The number of carbonyl (C=O) groups excluding carboxylic acids is 3. The lowest BCUT2D eigenvalue weighted by Crippen LogP contribution is -2.42. The first kappa shape index (κ1) is 17.6. The topological polar surface area (TPSA) is 60.9 Å². The van der Waals surface area contributed by atoms with E-state index in [2.05, 4.69) is 0 Å². The maximum Gasteiger partial charge on any atom is 0.332 e. The summed E-state index contributed by atoms with van der Waals surface area (Å²) in [5.74, 6) is -1.13. The lowest BCUT2D eigenvalue weighted by molar-refractivity contribution is -0.135. The maximum atomic E-state index is 12.9. The minimum absolute atomic E-state index is 0.0855. The number of amides is 4. The first-order valence-electron chi connectivity index (χ1n) is 8.11. The van der Waals surface area contributed by atoms with Crippen LogP contribution < -0.4 is 4.90 Å². The van der Waals surface area contributed by atoms with Crippen molar-refractivity contribution < 1.29 is 18.8 Å². The smallest absolute Gasteiger partial charge is 0.332 e. The Labute approximate surface area is 150 Å². The predicted octanol–water partition coefficient (Wildman–Crippen LogP) is 2.25. The van der Waals surface area contributed by atoms with Crippen molar-refractivity contribution in [2.75, 3.05) is 25.0 Å². The molecule has 0 N–H and O–H groups in total. The molecule has 0 saturated carbocycles. The molecule has 1 aliphatic heterocycles. The fourth-order valence-electron chi connectivity index (χ4n) is 2.71. The van der Waals surface area contributed by atoms with Gasteiger partial charge in [0.1, 0.15) is 18.9 Å². The Kier molecular flexibility index (Phi) is 4.97. The highest BCUT2D eigenvalue weighted by Crippen LogP contribution is 2.20. The van der Waals surface area contributed by atoms with Crippen LogP contribution in [0.1, 0.15) is 5.56 Å². The summed E-state index contributed by atoms with van der Waals surface area (Å²) in [5.41, 5.74) is 1.37. The quantitative estimate of drug-likeness (QED) is 0.773. The minimum Gasteiger partial charge on any atom is -0.340 e. The van der Waals surface area contributed by atoms with Crippen LogP contribution in [0.4, 0.5) is 14.9 Å². The van der Waals surface area contributed by atoms with Crippen molar-refractivity contribution >= 4 is 23.5 Å². The van der Waals surface area contributed by atoms with Crippen LogP contribution in [0.15, 0.2) is 54.6 Å². The van der Waals surface area contributed by atoms with Crippen LogP contribution in [0.2, 0.25) is 0 Å². The normalized spacial score (nSPS) is 14.1. The average molecular weight is 355 g/mol. The molecule has 1 fully saturated rings. The van der Waals surface area contributed by atoms with E-state index in [1.54, 1.807) is 43.4 Å². The Morgan fingerprint density at radius 3 is 2.38 bits per heavy atom. The second kappa shape index (κ2) is 7.35. The van der Waals surface area contributed by atoms with E-state index in [1.807, 2.05) is 6.07 Å². The molecule has 4 amide bonds. The Morgan fingerprint density at radius 1 is 1.08 bits per heavy atom. The summed E-state index contributed by atoms with van der Waals surface area (Å²) in [6.45, 7) is -0.145. The van der Waals surface area contributed by atoms with E-state index in [4.69, 9.17) is 0 Å². The van der Waals surface area contributed by atoms with Crippen LogP contribution in [0, 0.1) is 5.82 Å². The highest BCUT2D eigenvalue weighted by molar-refractivity contribution is 6.13. The lowest BCUT2D eigenvalue weighted by atomic mass is 10.2. The Balaban J connectivity index is 1.64. The number of urea groups is 1. The SMILES string of the molecule is CN(Cc1ccc(F)cc1)C(=O)CN1C(=O)CN(c2ccccc2)C1=O. The molecule has 1 saturated heterocycles. The summed E-state index contributed by atoms with van der Waals surface area (Å²) in [6, 6.07) is 14.1. The number of hydrogen-bond donors (Lipinski definition) is 0. The molecule has 26 heavy (non-hydrogen) atoms. The molecule has 2 aromatic rings. The third kappa shape index (κ3) is 3.72. The van der Waals surface area contributed by atoms with Gasteiger partial charge in [0.15, 0.2) is 0 Å². The molecule has 2 aromatic carbocycles. The zero-order valence-electron chi connectivity index (χ0n) is 14.3. The minimum atomic E-state index is -0.510. The Hall–Kier alpha value is -3.22. The van der Waals surface area contributed by atoms with E-state index >= 15 is 0 Å². The van der Waals surface area contributed by atoms with Crippen molar-refractivity contribution in [2.45, 2.75) is 6.54 Å². The Bertz CT molecular complexity index is 824. The predicted molar refractivity (Wildman–Crippen MR) is 93.8 cm³/mol. The van der Waals surface area contributed by atoms with E-state index in [0.29, 0.717) is 5.69 Å².